The zero-order valence-corrected chi connectivity index (χ0v) is 17.6. The SMILES string of the molecule is CN=C(NCC(C)(C)N1CCCCC1)NC1CCN(C(=O)C2CCCC2)C1. The highest BCUT2D eigenvalue weighted by atomic mass is 16.2. The molecule has 1 atom stereocenters. The fourth-order valence-corrected chi connectivity index (χ4v) is 4.81. The third kappa shape index (κ3) is 5.37. The van der Waals surface area contributed by atoms with E-state index in [0.29, 0.717) is 11.9 Å². The molecule has 1 amide bonds. The number of rotatable bonds is 5. The van der Waals surface area contributed by atoms with Crippen LogP contribution in [0.1, 0.15) is 65.2 Å². The molecule has 6 heteroatoms. The summed E-state index contributed by atoms with van der Waals surface area (Å²) in [6.45, 7) is 9.59. The van der Waals surface area contributed by atoms with E-state index >= 15 is 0 Å². The Morgan fingerprint density at radius 1 is 1.04 bits per heavy atom. The third-order valence-corrected chi connectivity index (χ3v) is 6.67. The van der Waals surface area contributed by atoms with Crippen LogP contribution in [-0.2, 0) is 4.79 Å². The summed E-state index contributed by atoms with van der Waals surface area (Å²) in [5.41, 5.74) is 0.123. The Morgan fingerprint density at radius 3 is 2.41 bits per heavy atom. The van der Waals surface area contributed by atoms with Gasteiger partial charge in [-0.3, -0.25) is 14.7 Å². The quantitative estimate of drug-likeness (QED) is 0.570. The first kappa shape index (κ1) is 20.4. The molecule has 154 valence electrons. The molecule has 2 heterocycles. The lowest BCUT2D eigenvalue weighted by molar-refractivity contribution is -0.134. The summed E-state index contributed by atoms with van der Waals surface area (Å²) in [4.78, 5) is 21.7. The van der Waals surface area contributed by atoms with E-state index in [1.54, 1.807) is 0 Å². The molecule has 2 aliphatic heterocycles. The number of hydrogen-bond acceptors (Lipinski definition) is 3. The number of carbonyl (C=O) groups is 1. The number of nitrogens with zero attached hydrogens (tertiary/aromatic N) is 3. The van der Waals surface area contributed by atoms with Gasteiger partial charge in [-0.2, -0.15) is 0 Å². The highest BCUT2D eigenvalue weighted by Crippen LogP contribution is 2.28. The molecule has 0 radical (unpaired) electrons. The molecule has 27 heavy (non-hydrogen) atoms. The van der Waals surface area contributed by atoms with Gasteiger partial charge in [-0.1, -0.05) is 19.3 Å². The predicted octanol–water partition coefficient (Wildman–Crippen LogP) is 2.21. The van der Waals surface area contributed by atoms with Crippen molar-refractivity contribution in [2.45, 2.75) is 76.8 Å². The summed E-state index contributed by atoms with van der Waals surface area (Å²) >= 11 is 0. The second-order valence-corrected chi connectivity index (χ2v) is 9.18. The van der Waals surface area contributed by atoms with Crippen molar-refractivity contribution in [2.75, 3.05) is 39.8 Å². The lowest BCUT2D eigenvalue weighted by atomic mass is 9.98. The molecule has 0 aromatic heterocycles. The van der Waals surface area contributed by atoms with Gasteiger partial charge in [-0.25, -0.2) is 0 Å². The Bertz CT molecular complexity index is 521. The fraction of sp³-hybridized carbons (Fsp3) is 0.905. The fourth-order valence-electron chi connectivity index (χ4n) is 4.81. The van der Waals surface area contributed by atoms with Gasteiger partial charge in [0.25, 0.3) is 0 Å². The van der Waals surface area contributed by atoms with E-state index in [0.717, 1.165) is 44.9 Å². The van der Waals surface area contributed by atoms with Crippen molar-refractivity contribution < 1.29 is 4.79 Å². The lowest BCUT2D eigenvalue weighted by Gasteiger charge is -2.41. The molecule has 0 spiro atoms. The Kier molecular flexibility index (Phi) is 7.01. The summed E-state index contributed by atoms with van der Waals surface area (Å²) in [7, 11) is 1.83. The molecule has 0 aromatic rings. The molecule has 0 bridgehead atoms. The van der Waals surface area contributed by atoms with Gasteiger partial charge in [-0.05, 0) is 59.0 Å². The van der Waals surface area contributed by atoms with Crippen LogP contribution in [0.4, 0.5) is 0 Å². The summed E-state index contributed by atoms with van der Waals surface area (Å²) in [5, 5.41) is 7.07. The van der Waals surface area contributed by atoms with Crippen LogP contribution in [0.3, 0.4) is 0 Å². The van der Waals surface area contributed by atoms with Crippen LogP contribution in [0, 0.1) is 5.92 Å². The second kappa shape index (κ2) is 9.26. The molecule has 2 saturated heterocycles. The molecule has 1 aliphatic carbocycles. The molecule has 3 aliphatic rings. The second-order valence-electron chi connectivity index (χ2n) is 9.18. The highest BCUT2D eigenvalue weighted by Gasteiger charge is 2.33. The van der Waals surface area contributed by atoms with Crippen LogP contribution >= 0.6 is 0 Å². The number of nitrogens with one attached hydrogen (secondary N) is 2. The van der Waals surface area contributed by atoms with Gasteiger partial charge in [-0.15, -0.1) is 0 Å². The smallest absolute Gasteiger partial charge is 0.225 e. The number of amides is 1. The van der Waals surface area contributed by atoms with Gasteiger partial charge in [0.05, 0.1) is 0 Å². The minimum absolute atomic E-state index is 0.123. The zero-order valence-electron chi connectivity index (χ0n) is 17.6. The molecule has 3 fully saturated rings. The topological polar surface area (TPSA) is 60.0 Å². The largest absolute Gasteiger partial charge is 0.355 e. The Balaban J connectivity index is 1.44. The number of guanidine groups is 1. The van der Waals surface area contributed by atoms with Crippen LogP contribution < -0.4 is 10.6 Å². The number of likely N-dealkylation sites (tertiary alicyclic amines) is 2. The van der Waals surface area contributed by atoms with E-state index in [9.17, 15) is 4.79 Å². The normalized spacial score (nSPS) is 25.8. The standard InChI is InChI=1S/C21H39N5O/c1-21(2,26-12-7-4-8-13-26)16-23-20(22-3)24-18-11-14-25(15-18)19(27)17-9-5-6-10-17/h17-18H,4-16H2,1-3H3,(H2,22,23,24). The Hall–Kier alpha value is -1.30. The first-order valence-electron chi connectivity index (χ1n) is 11.0. The van der Waals surface area contributed by atoms with E-state index in [1.807, 2.05) is 7.05 Å². The van der Waals surface area contributed by atoms with Gasteiger partial charge in [0.2, 0.25) is 5.91 Å². The molecule has 1 saturated carbocycles. The molecule has 2 N–H and O–H groups in total. The summed E-state index contributed by atoms with van der Waals surface area (Å²) < 4.78 is 0. The zero-order chi connectivity index (χ0) is 19.3. The Morgan fingerprint density at radius 2 is 1.74 bits per heavy atom. The van der Waals surface area contributed by atoms with E-state index in [1.165, 1.54) is 45.2 Å². The molecular formula is C21H39N5O. The van der Waals surface area contributed by atoms with Gasteiger partial charge in [0.1, 0.15) is 0 Å². The molecule has 0 aromatic carbocycles. The number of carbonyl (C=O) groups excluding carboxylic acids is 1. The van der Waals surface area contributed by atoms with E-state index in [4.69, 9.17) is 0 Å². The molecular weight excluding hydrogens is 338 g/mol. The van der Waals surface area contributed by atoms with Crippen LogP contribution in [0.15, 0.2) is 4.99 Å². The predicted molar refractivity (Wildman–Crippen MR) is 111 cm³/mol. The molecule has 6 nitrogen and oxygen atoms in total. The average molecular weight is 378 g/mol. The van der Waals surface area contributed by atoms with Crippen molar-refractivity contribution >= 4 is 11.9 Å². The maximum absolute atomic E-state index is 12.6. The molecule has 3 rings (SSSR count). The van der Waals surface area contributed by atoms with Crippen molar-refractivity contribution in [3.8, 4) is 0 Å². The van der Waals surface area contributed by atoms with Gasteiger partial charge in [0.15, 0.2) is 5.96 Å². The third-order valence-electron chi connectivity index (χ3n) is 6.67. The first-order chi connectivity index (χ1) is 13.0. The summed E-state index contributed by atoms with van der Waals surface area (Å²) in [6, 6.07) is 0.305. The van der Waals surface area contributed by atoms with Crippen molar-refractivity contribution in [1.29, 1.82) is 0 Å². The van der Waals surface area contributed by atoms with Crippen molar-refractivity contribution in [2.24, 2.45) is 10.9 Å². The molecule has 1 unspecified atom stereocenters. The van der Waals surface area contributed by atoms with Crippen molar-refractivity contribution in [1.82, 2.24) is 20.4 Å². The maximum Gasteiger partial charge on any atom is 0.225 e. The number of aliphatic imine (C=N–C) groups is 1. The minimum Gasteiger partial charge on any atom is -0.355 e. The Labute approximate surface area is 165 Å². The maximum atomic E-state index is 12.6. The van der Waals surface area contributed by atoms with E-state index in [2.05, 4.69) is 39.3 Å². The summed E-state index contributed by atoms with van der Waals surface area (Å²) in [6.07, 6.45) is 9.59. The van der Waals surface area contributed by atoms with Crippen LogP contribution in [0.5, 0.6) is 0 Å². The van der Waals surface area contributed by atoms with Gasteiger partial charge >= 0.3 is 0 Å². The minimum atomic E-state index is 0.123. The lowest BCUT2D eigenvalue weighted by Crippen LogP contribution is -2.55. The van der Waals surface area contributed by atoms with Gasteiger partial charge < -0.3 is 15.5 Å². The first-order valence-corrected chi connectivity index (χ1v) is 11.0. The average Bonchev–Trinajstić information content (AvgIpc) is 3.37. The van der Waals surface area contributed by atoms with E-state index < -0.39 is 0 Å². The monoisotopic (exact) mass is 377 g/mol. The van der Waals surface area contributed by atoms with Gasteiger partial charge in [0, 0.05) is 44.2 Å². The van der Waals surface area contributed by atoms with Crippen molar-refractivity contribution in [3.05, 3.63) is 0 Å². The van der Waals surface area contributed by atoms with Crippen LogP contribution in [-0.4, -0.2) is 73.0 Å². The van der Waals surface area contributed by atoms with Crippen molar-refractivity contribution in [3.63, 3.8) is 0 Å². The highest BCUT2D eigenvalue weighted by molar-refractivity contribution is 5.81. The van der Waals surface area contributed by atoms with E-state index in [-0.39, 0.29) is 11.5 Å². The summed E-state index contributed by atoms with van der Waals surface area (Å²) in [5.74, 6) is 1.53. The number of piperidine rings is 1. The number of hydrogen-bond donors (Lipinski definition) is 2. The van der Waals surface area contributed by atoms with Crippen LogP contribution in [0.25, 0.3) is 0 Å². The van der Waals surface area contributed by atoms with Crippen LogP contribution in [0.2, 0.25) is 0 Å².